The topological polar surface area (TPSA) is 52.8 Å². The average Bonchev–Trinajstić information content (AvgIpc) is 3.13. The molecule has 1 aliphatic rings. The highest BCUT2D eigenvalue weighted by Crippen LogP contribution is 2.30. The molecule has 0 amide bonds. The quantitative estimate of drug-likeness (QED) is 0.858. The van der Waals surface area contributed by atoms with Gasteiger partial charge in [0.1, 0.15) is 0 Å². The maximum absolute atomic E-state index is 9.57. The summed E-state index contributed by atoms with van der Waals surface area (Å²) in [6.45, 7) is 7.46. The summed E-state index contributed by atoms with van der Waals surface area (Å²) in [7, 11) is 0. The van der Waals surface area contributed by atoms with Crippen LogP contribution in [-0.4, -0.2) is 40.2 Å². The molecule has 1 saturated heterocycles. The average molecular weight is 308 g/mol. The van der Waals surface area contributed by atoms with Crippen molar-refractivity contribution in [2.24, 2.45) is 5.92 Å². The molecule has 1 fully saturated rings. The highest BCUT2D eigenvalue weighted by molar-refractivity contribution is 7.15. The van der Waals surface area contributed by atoms with Crippen LogP contribution < -0.4 is 10.2 Å². The minimum Gasteiger partial charge on any atom is -0.394 e. The Morgan fingerprint density at radius 1 is 1.52 bits per heavy atom. The van der Waals surface area contributed by atoms with Gasteiger partial charge in [0.15, 0.2) is 10.8 Å². The number of rotatable bonds is 6. The van der Waals surface area contributed by atoms with E-state index in [-0.39, 0.29) is 12.6 Å². The highest BCUT2D eigenvalue weighted by atomic mass is 32.1. The number of fused-ring (bicyclic) bond motifs is 1. The van der Waals surface area contributed by atoms with E-state index in [0.29, 0.717) is 5.92 Å². The molecule has 1 aliphatic heterocycles. The summed E-state index contributed by atoms with van der Waals surface area (Å²) >= 11 is 1.66. The molecule has 0 aliphatic carbocycles. The maximum Gasteiger partial charge on any atom is 0.195 e. The molecule has 0 radical (unpaired) electrons. The molecule has 1 atom stereocenters. The van der Waals surface area contributed by atoms with Gasteiger partial charge in [-0.05, 0) is 25.3 Å². The summed E-state index contributed by atoms with van der Waals surface area (Å²) in [6, 6.07) is 0.221. The molecule has 6 heteroatoms. The van der Waals surface area contributed by atoms with Crippen LogP contribution in [-0.2, 0) is 6.54 Å². The van der Waals surface area contributed by atoms with Crippen molar-refractivity contribution in [1.29, 1.82) is 0 Å². The van der Waals surface area contributed by atoms with Crippen LogP contribution in [0.5, 0.6) is 0 Å². The molecular weight excluding hydrogens is 284 g/mol. The number of nitrogens with zero attached hydrogens (tertiary/aromatic N) is 3. The fourth-order valence-electron chi connectivity index (χ4n) is 3.00. The summed E-state index contributed by atoms with van der Waals surface area (Å²) in [4.78, 5) is 8.13. The molecule has 116 valence electrons. The minimum absolute atomic E-state index is 0.212. The van der Waals surface area contributed by atoms with Crippen molar-refractivity contribution < 1.29 is 5.11 Å². The Kier molecular flexibility index (Phi) is 4.47. The first-order valence-corrected chi connectivity index (χ1v) is 8.61. The lowest BCUT2D eigenvalue weighted by molar-refractivity contribution is 0.266. The van der Waals surface area contributed by atoms with Gasteiger partial charge in [-0.1, -0.05) is 13.8 Å². The molecule has 3 heterocycles. The predicted molar refractivity (Wildman–Crippen MR) is 87.1 cm³/mol. The van der Waals surface area contributed by atoms with Crippen LogP contribution in [0.1, 0.15) is 32.4 Å². The fourth-order valence-corrected chi connectivity index (χ4v) is 3.73. The molecule has 3 rings (SSSR count). The lowest BCUT2D eigenvalue weighted by Gasteiger charge is -2.24. The van der Waals surface area contributed by atoms with Gasteiger partial charge in [0, 0.05) is 24.7 Å². The van der Waals surface area contributed by atoms with Crippen LogP contribution in [0.4, 0.5) is 5.82 Å². The van der Waals surface area contributed by atoms with Gasteiger partial charge in [-0.15, -0.1) is 11.3 Å². The highest BCUT2D eigenvalue weighted by Gasteiger charge is 2.28. The molecule has 1 unspecified atom stereocenters. The van der Waals surface area contributed by atoms with E-state index < -0.39 is 0 Å². The Bertz CT molecular complexity index is 592. The molecule has 21 heavy (non-hydrogen) atoms. The fraction of sp³-hybridized carbons (Fsp3) is 0.667. The number of imidazole rings is 1. The minimum atomic E-state index is 0.212. The lowest BCUT2D eigenvalue weighted by Crippen LogP contribution is -2.33. The number of hydrogen-bond acceptors (Lipinski definition) is 5. The Morgan fingerprint density at radius 3 is 3.14 bits per heavy atom. The zero-order chi connectivity index (χ0) is 14.8. The summed E-state index contributed by atoms with van der Waals surface area (Å²) < 4.78 is 2.18. The number of thiazole rings is 1. The summed E-state index contributed by atoms with van der Waals surface area (Å²) in [5, 5.41) is 15.2. The molecule has 0 aromatic carbocycles. The molecule has 2 aromatic rings. The second-order valence-corrected chi connectivity index (χ2v) is 7.01. The standard InChI is InChI=1S/C15H24N4OS/c1-11(2)8-16-9-13-14(17-15-19(13)6-7-21-15)18-5-3-4-12(18)10-20/h6-7,11-12,16,20H,3-5,8-10H2,1-2H3. The zero-order valence-electron chi connectivity index (χ0n) is 12.7. The molecule has 2 aromatic heterocycles. The van der Waals surface area contributed by atoms with Crippen LogP contribution in [0.3, 0.4) is 0 Å². The monoisotopic (exact) mass is 308 g/mol. The van der Waals surface area contributed by atoms with Crippen molar-refractivity contribution in [3.05, 3.63) is 17.3 Å². The number of aromatic nitrogens is 2. The number of hydrogen-bond donors (Lipinski definition) is 2. The first kappa shape index (κ1) is 14.8. The van der Waals surface area contributed by atoms with Gasteiger partial charge in [-0.2, -0.15) is 0 Å². The molecular formula is C15H24N4OS. The third kappa shape index (κ3) is 2.93. The van der Waals surface area contributed by atoms with Gasteiger partial charge < -0.3 is 15.3 Å². The van der Waals surface area contributed by atoms with Crippen LogP contribution in [0.2, 0.25) is 0 Å². The maximum atomic E-state index is 9.57. The van der Waals surface area contributed by atoms with Crippen LogP contribution in [0.15, 0.2) is 11.6 Å². The van der Waals surface area contributed by atoms with Crippen molar-refractivity contribution in [3.8, 4) is 0 Å². The van der Waals surface area contributed by atoms with Crippen molar-refractivity contribution in [2.75, 3.05) is 24.6 Å². The predicted octanol–water partition coefficient (Wildman–Crippen LogP) is 2.10. The molecule has 0 saturated carbocycles. The van der Waals surface area contributed by atoms with Crippen molar-refractivity contribution in [3.63, 3.8) is 0 Å². The molecule has 5 nitrogen and oxygen atoms in total. The van der Waals surface area contributed by atoms with Gasteiger partial charge >= 0.3 is 0 Å². The third-order valence-corrected chi connectivity index (χ3v) is 4.80. The van der Waals surface area contributed by atoms with Crippen molar-refractivity contribution in [1.82, 2.24) is 14.7 Å². The second-order valence-electron chi connectivity index (χ2n) is 6.13. The van der Waals surface area contributed by atoms with Crippen molar-refractivity contribution in [2.45, 2.75) is 39.3 Å². The van der Waals surface area contributed by atoms with E-state index in [9.17, 15) is 5.11 Å². The van der Waals surface area contributed by atoms with Gasteiger partial charge in [0.05, 0.1) is 18.3 Å². The molecule has 2 N–H and O–H groups in total. The smallest absolute Gasteiger partial charge is 0.195 e. The Labute approximate surface area is 129 Å². The normalized spacial score (nSPS) is 19.2. The molecule has 0 bridgehead atoms. The lowest BCUT2D eigenvalue weighted by atomic mass is 10.2. The van der Waals surface area contributed by atoms with E-state index in [0.717, 1.165) is 43.3 Å². The number of aliphatic hydroxyl groups excluding tert-OH is 1. The SMILES string of the molecule is CC(C)CNCc1c(N2CCCC2CO)nc2sccn12. The van der Waals surface area contributed by atoms with E-state index in [1.807, 2.05) is 0 Å². The number of aliphatic hydroxyl groups is 1. The zero-order valence-corrected chi connectivity index (χ0v) is 13.6. The van der Waals surface area contributed by atoms with E-state index in [1.165, 1.54) is 5.69 Å². The summed E-state index contributed by atoms with van der Waals surface area (Å²) in [5.41, 5.74) is 1.22. The van der Waals surface area contributed by atoms with Crippen LogP contribution in [0, 0.1) is 5.92 Å². The molecule has 0 spiro atoms. The van der Waals surface area contributed by atoms with Crippen LogP contribution in [0.25, 0.3) is 4.96 Å². The second kappa shape index (κ2) is 6.34. The summed E-state index contributed by atoms with van der Waals surface area (Å²) in [5.74, 6) is 1.69. The first-order chi connectivity index (χ1) is 10.2. The summed E-state index contributed by atoms with van der Waals surface area (Å²) in [6.07, 6.45) is 4.28. The van der Waals surface area contributed by atoms with Gasteiger partial charge in [0.2, 0.25) is 0 Å². The van der Waals surface area contributed by atoms with E-state index >= 15 is 0 Å². The number of anilines is 1. The van der Waals surface area contributed by atoms with Crippen molar-refractivity contribution >= 4 is 22.1 Å². The third-order valence-electron chi connectivity index (χ3n) is 4.04. The Morgan fingerprint density at radius 2 is 2.38 bits per heavy atom. The van der Waals surface area contributed by atoms with Gasteiger partial charge in [-0.25, -0.2) is 4.98 Å². The first-order valence-electron chi connectivity index (χ1n) is 7.73. The largest absolute Gasteiger partial charge is 0.394 e. The van der Waals surface area contributed by atoms with Gasteiger partial charge in [-0.3, -0.25) is 4.40 Å². The Hall–Kier alpha value is -1.11. The van der Waals surface area contributed by atoms with Crippen LogP contribution >= 0.6 is 11.3 Å². The van der Waals surface area contributed by atoms with E-state index in [1.54, 1.807) is 11.3 Å². The van der Waals surface area contributed by atoms with E-state index in [4.69, 9.17) is 4.98 Å². The van der Waals surface area contributed by atoms with E-state index in [2.05, 4.69) is 40.0 Å². The number of nitrogens with one attached hydrogen (secondary N) is 1. The Balaban J connectivity index is 1.88. The van der Waals surface area contributed by atoms with Gasteiger partial charge in [0.25, 0.3) is 0 Å².